The van der Waals surface area contributed by atoms with Gasteiger partial charge in [0.15, 0.2) is 0 Å². The highest BCUT2D eigenvalue weighted by molar-refractivity contribution is 5.52. The Morgan fingerprint density at radius 3 is 1.38 bits per heavy atom. The fraction of sp³-hybridized carbons (Fsp3) is 0.750. The lowest BCUT2D eigenvalue weighted by Gasteiger charge is -2.26. The van der Waals surface area contributed by atoms with Gasteiger partial charge in [-0.15, -0.1) is 0 Å². The number of fused-ring (bicyclic) bond motifs is 1. The molecule has 0 aromatic rings. The highest BCUT2D eigenvalue weighted by Crippen LogP contribution is 2.52. The van der Waals surface area contributed by atoms with Gasteiger partial charge in [-0.25, -0.2) is 0 Å². The molecule has 0 N–H and O–H groups in total. The molecule has 0 aromatic carbocycles. The van der Waals surface area contributed by atoms with Crippen LogP contribution in [-0.2, 0) is 0 Å². The van der Waals surface area contributed by atoms with E-state index in [4.69, 9.17) is 0 Å². The van der Waals surface area contributed by atoms with E-state index in [9.17, 15) is 0 Å². The van der Waals surface area contributed by atoms with Crippen molar-refractivity contribution in [3.05, 3.63) is 22.3 Å². The van der Waals surface area contributed by atoms with Gasteiger partial charge in [-0.05, 0) is 47.7 Å². The Labute approximate surface area is 101 Å². The van der Waals surface area contributed by atoms with Gasteiger partial charge >= 0.3 is 0 Å². The highest BCUT2D eigenvalue weighted by Gasteiger charge is 2.36. The van der Waals surface area contributed by atoms with Crippen LogP contribution in [-0.4, -0.2) is 0 Å². The fourth-order valence-corrected chi connectivity index (χ4v) is 3.24. The Balaban J connectivity index is 2.43. The van der Waals surface area contributed by atoms with Crippen LogP contribution >= 0.6 is 0 Å². The van der Waals surface area contributed by atoms with Gasteiger partial charge in [-0.3, -0.25) is 0 Å². The Hall–Kier alpha value is -0.520. The van der Waals surface area contributed by atoms with Crippen molar-refractivity contribution in [2.45, 2.75) is 67.2 Å². The summed E-state index contributed by atoms with van der Waals surface area (Å²) >= 11 is 0. The van der Waals surface area contributed by atoms with Gasteiger partial charge in [-0.2, -0.15) is 0 Å². The van der Waals surface area contributed by atoms with Crippen LogP contribution in [0.4, 0.5) is 0 Å². The molecule has 0 bridgehead atoms. The zero-order valence-electron chi connectivity index (χ0n) is 11.8. The Kier molecular flexibility index (Phi) is 2.60. The van der Waals surface area contributed by atoms with Crippen molar-refractivity contribution in [3.63, 3.8) is 0 Å². The predicted molar refractivity (Wildman–Crippen MR) is 71.4 cm³/mol. The first-order chi connectivity index (χ1) is 7.21. The summed E-state index contributed by atoms with van der Waals surface area (Å²) in [5.74, 6) is 0. The normalized spacial score (nSPS) is 22.1. The van der Waals surface area contributed by atoms with Crippen LogP contribution in [0.1, 0.15) is 67.2 Å². The summed E-state index contributed by atoms with van der Waals surface area (Å²) in [6.45, 7) is 14.2. The molecule has 0 spiro atoms. The van der Waals surface area contributed by atoms with Crippen LogP contribution in [0.25, 0.3) is 0 Å². The molecule has 0 saturated heterocycles. The van der Waals surface area contributed by atoms with E-state index < -0.39 is 0 Å². The molecule has 0 radical (unpaired) electrons. The van der Waals surface area contributed by atoms with Gasteiger partial charge in [0.1, 0.15) is 0 Å². The molecule has 0 aromatic heterocycles. The van der Waals surface area contributed by atoms with Crippen LogP contribution < -0.4 is 0 Å². The van der Waals surface area contributed by atoms with Gasteiger partial charge in [0.2, 0.25) is 0 Å². The van der Waals surface area contributed by atoms with Crippen molar-refractivity contribution in [2.75, 3.05) is 0 Å². The quantitative estimate of drug-likeness (QED) is 0.520. The third kappa shape index (κ3) is 1.87. The zero-order chi connectivity index (χ0) is 12.1. The predicted octanol–water partition coefficient (Wildman–Crippen LogP) is 5.26. The lowest BCUT2D eigenvalue weighted by Crippen LogP contribution is -2.13. The Morgan fingerprint density at radius 2 is 1.06 bits per heavy atom. The molecule has 2 aliphatic rings. The van der Waals surface area contributed by atoms with Crippen molar-refractivity contribution in [1.82, 2.24) is 0 Å². The van der Waals surface area contributed by atoms with Crippen LogP contribution in [0.5, 0.6) is 0 Å². The SMILES string of the molecule is CC(C)(C)C1=C2CCCC2=C(C(C)(C)C)C1. The minimum absolute atomic E-state index is 0.359. The van der Waals surface area contributed by atoms with E-state index in [1.165, 1.54) is 25.7 Å². The zero-order valence-corrected chi connectivity index (χ0v) is 11.8. The van der Waals surface area contributed by atoms with Gasteiger partial charge in [0.25, 0.3) is 0 Å². The van der Waals surface area contributed by atoms with Gasteiger partial charge in [-0.1, -0.05) is 52.7 Å². The summed E-state index contributed by atoms with van der Waals surface area (Å²) in [6.07, 6.45) is 5.30. The molecule has 0 heterocycles. The highest BCUT2D eigenvalue weighted by atomic mass is 14.4. The van der Waals surface area contributed by atoms with Crippen LogP contribution in [0.15, 0.2) is 22.3 Å². The molecule has 0 atom stereocenters. The maximum Gasteiger partial charge on any atom is -0.00861 e. The number of hydrogen-bond donors (Lipinski definition) is 0. The monoisotopic (exact) mass is 218 g/mol. The molecular weight excluding hydrogens is 192 g/mol. The number of allylic oxidation sites excluding steroid dienone is 4. The average Bonchev–Trinajstić information content (AvgIpc) is 2.54. The van der Waals surface area contributed by atoms with E-state index in [0.717, 1.165) is 0 Å². The van der Waals surface area contributed by atoms with E-state index >= 15 is 0 Å². The molecule has 1 fully saturated rings. The topological polar surface area (TPSA) is 0 Å². The van der Waals surface area contributed by atoms with Gasteiger partial charge in [0.05, 0.1) is 0 Å². The third-order valence-corrected chi connectivity index (χ3v) is 4.11. The molecule has 2 rings (SSSR count). The summed E-state index contributed by atoms with van der Waals surface area (Å²) < 4.78 is 0. The summed E-state index contributed by atoms with van der Waals surface area (Å²) in [5.41, 5.74) is 7.64. The maximum atomic E-state index is 2.37. The molecule has 1 saturated carbocycles. The first-order valence-electron chi connectivity index (χ1n) is 6.66. The second-order valence-electron chi connectivity index (χ2n) is 7.44. The first-order valence-corrected chi connectivity index (χ1v) is 6.66. The van der Waals surface area contributed by atoms with Crippen LogP contribution in [0, 0.1) is 10.8 Å². The van der Waals surface area contributed by atoms with Crippen molar-refractivity contribution in [1.29, 1.82) is 0 Å². The minimum Gasteiger partial charge on any atom is -0.0573 e. The lowest BCUT2D eigenvalue weighted by atomic mass is 9.78. The standard InChI is InChI=1S/C16H26/c1-15(2,3)13-10-14(16(4,5)6)12-9-7-8-11(12)13/h7-10H2,1-6H3. The fourth-order valence-electron chi connectivity index (χ4n) is 3.24. The summed E-state index contributed by atoms with van der Waals surface area (Å²) in [4.78, 5) is 0. The largest absolute Gasteiger partial charge is 0.0573 e. The van der Waals surface area contributed by atoms with E-state index in [1.807, 2.05) is 0 Å². The molecule has 0 heteroatoms. The molecule has 0 nitrogen and oxygen atoms in total. The van der Waals surface area contributed by atoms with Crippen LogP contribution in [0.3, 0.4) is 0 Å². The van der Waals surface area contributed by atoms with Gasteiger partial charge in [0, 0.05) is 0 Å². The minimum atomic E-state index is 0.359. The molecule has 0 aliphatic heterocycles. The van der Waals surface area contributed by atoms with Crippen LogP contribution in [0.2, 0.25) is 0 Å². The Bertz CT molecular complexity index is 328. The third-order valence-electron chi connectivity index (χ3n) is 4.11. The molecule has 0 unspecified atom stereocenters. The van der Waals surface area contributed by atoms with Crippen molar-refractivity contribution >= 4 is 0 Å². The second kappa shape index (κ2) is 3.48. The Morgan fingerprint density at radius 1 is 0.688 bits per heavy atom. The lowest BCUT2D eigenvalue weighted by molar-refractivity contribution is 0.453. The van der Waals surface area contributed by atoms with Crippen molar-refractivity contribution in [2.24, 2.45) is 10.8 Å². The van der Waals surface area contributed by atoms with E-state index in [2.05, 4.69) is 41.5 Å². The summed E-state index contributed by atoms with van der Waals surface area (Å²) in [6, 6.07) is 0. The average molecular weight is 218 g/mol. The number of hydrogen-bond acceptors (Lipinski definition) is 0. The van der Waals surface area contributed by atoms with Crippen molar-refractivity contribution < 1.29 is 0 Å². The summed E-state index contributed by atoms with van der Waals surface area (Å²) in [5, 5.41) is 0. The first kappa shape index (κ1) is 12.0. The van der Waals surface area contributed by atoms with E-state index in [1.54, 1.807) is 22.3 Å². The molecule has 90 valence electrons. The molecule has 2 aliphatic carbocycles. The van der Waals surface area contributed by atoms with Gasteiger partial charge < -0.3 is 0 Å². The van der Waals surface area contributed by atoms with E-state index in [0.29, 0.717) is 10.8 Å². The molecular formula is C16H26. The van der Waals surface area contributed by atoms with E-state index in [-0.39, 0.29) is 0 Å². The molecule has 16 heavy (non-hydrogen) atoms. The number of rotatable bonds is 0. The van der Waals surface area contributed by atoms with Crippen molar-refractivity contribution in [3.8, 4) is 0 Å². The molecule has 0 amide bonds. The maximum absolute atomic E-state index is 2.37. The smallest absolute Gasteiger partial charge is 0.00861 e. The second-order valence-corrected chi connectivity index (χ2v) is 7.44. The summed E-state index contributed by atoms with van der Waals surface area (Å²) in [7, 11) is 0.